The van der Waals surface area contributed by atoms with Crippen molar-refractivity contribution in [1.82, 2.24) is 10.2 Å². The number of benzene rings is 1. The number of carbonyl (C=O) groups excluding carboxylic acids is 2. The Morgan fingerprint density at radius 1 is 1.04 bits per heavy atom. The van der Waals surface area contributed by atoms with Crippen LogP contribution in [0.25, 0.3) is 0 Å². The number of nitrogens with zero attached hydrogens (tertiary/aromatic N) is 1. The van der Waals surface area contributed by atoms with Gasteiger partial charge in [0.25, 0.3) is 0 Å². The number of carbonyl (C=O) groups is 2. The summed E-state index contributed by atoms with van der Waals surface area (Å²) in [6, 6.07) is 4.88. The number of likely N-dealkylation sites (tertiary alicyclic amines) is 1. The van der Waals surface area contributed by atoms with E-state index in [9.17, 15) is 9.59 Å². The minimum Gasteiger partial charge on any atom is -0.497 e. The minimum absolute atomic E-state index is 0.124. The van der Waals surface area contributed by atoms with E-state index in [-0.39, 0.29) is 18.0 Å². The van der Waals surface area contributed by atoms with E-state index < -0.39 is 6.04 Å². The van der Waals surface area contributed by atoms with Gasteiger partial charge >= 0.3 is 6.03 Å². The van der Waals surface area contributed by atoms with Gasteiger partial charge in [0.2, 0.25) is 5.91 Å². The fraction of sp³-hybridized carbons (Fsp3) is 0.600. The summed E-state index contributed by atoms with van der Waals surface area (Å²) in [5.74, 6) is 0.993. The van der Waals surface area contributed by atoms with Crippen LogP contribution in [-0.4, -0.2) is 49.7 Å². The molecule has 1 aliphatic carbocycles. The summed E-state index contributed by atoms with van der Waals surface area (Å²) in [5.41, 5.74) is 0.572. The highest BCUT2D eigenvalue weighted by atomic mass is 16.5. The lowest BCUT2D eigenvalue weighted by atomic mass is 9.96. The first-order valence-corrected chi connectivity index (χ1v) is 9.72. The minimum atomic E-state index is -0.458. The third-order valence-electron chi connectivity index (χ3n) is 5.42. The molecule has 2 N–H and O–H groups in total. The maximum Gasteiger partial charge on any atom is 0.318 e. The first-order chi connectivity index (χ1) is 13.1. The number of nitrogens with one attached hydrogen (secondary N) is 2. The molecule has 1 aliphatic heterocycles. The molecule has 2 fully saturated rings. The van der Waals surface area contributed by atoms with Gasteiger partial charge in [0.15, 0.2) is 0 Å². The molecular formula is C20H29N3O4. The van der Waals surface area contributed by atoms with E-state index in [1.807, 2.05) is 0 Å². The molecule has 0 bridgehead atoms. The maximum absolute atomic E-state index is 12.8. The first-order valence-electron chi connectivity index (χ1n) is 9.72. The van der Waals surface area contributed by atoms with E-state index in [1.165, 1.54) is 6.42 Å². The third-order valence-corrected chi connectivity index (χ3v) is 5.42. The quantitative estimate of drug-likeness (QED) is 0.829. The Morgan fingerprint density at radius 3 is 2.52 bits per heavy atom. The molecule has 27 heavy (non-hydrogen) atoms. The number of anilines is 1. The van der Waals surface area contributed by atoms with Crippen LogP contribution in [0, 0.1) is 0 Å². The maximum atomic E-state index is 12.8. The number of urea groups is 1. The van der Waals surface area contributed by atoms with E-state index >= 15 is 0 Å². The molecule has 1 aromatic rings. The Kier molecular flexibility index (Phi) is 6.42. The van der Waals surface area contributed by atoms with E-state index in [0.717, 1.165) is 32.1 Å². The molecule has 0 aromatic heterocycles. The molecular weight excluding hydrogens is 346 g/mol. The molecule has 1 heterocycles. The van der Waals surface area contributed by atoms with Crippen LogP contribution in [0.1, 0.15) is 44.9 Å². The first kappa shape index (κ1) is 19.3. The molecule has 3 rings (SSSR count). The van der Waals surface area contributed by atoms with Crippen LogP contribution >= 0.6 is 0 Å². The van der Waals surface area contributed by atoms with Crippen LogP contribution in [-0.2, 0) is 4.79 Å². The van der Waals surface area contributed by atoms with Crippen LogP contribution in [0.2, 0.25) is 0 Å². The van der Waals surface area contributed by atoms with E-state index in [4.69, 9.17) is 9.47 Å². The van der Waals surface area contributed by atoms with Gasteiger partial charge < -0.3 is 25.0 Å². The molecule has 0 spiro atoms. The van der Waals surface area contributed by atoms with Gasteiger partial charge in [-0.2, -0.15) is 0 Å². The average Bonchev–Trinajstić information content (AvgIpc) is 3.19. The van der Waals surface area contributed by atoms with Gasteiger partial charge in [-0.25, -0.2) is 4.79 Å². The Bertz CT molecular complexity index is 673. The number of methoxy groups -OCH3 is 2. The van der Waals surface area contributed by atoms with Gasteiger partial charge in [-0.15, -0.1) is 0 Å². The van der Waals surface area contributed by atoms with Gasteiger partial charge in [0, 0.05) is 18.7 Å². The molecule has 2 aliphatic rings. The highest BCUT2D eigenvalue weighted by Gasteiger charge is 2.35. The van der Waals surface area contributed by atoms with Gasteiger partial charge in [-0.3, -0.25) is 4.79 Å². The fourth-order valence-electron chi connectivity index (χ4n) is 3.90. The van der Waals surface area contributed by atoms with Gasteiger partial charge in [-0.1, -0.05) is 19.3 Å². The van der Waals surface area contributed by atoms with Crippen molar-refractivity contribution in [3.63, 3.8) is 0 Å². The topological polar surface area (TPSA) is 79.9 Å². The molecule has 0 radical (unpaired) electrons. The van der Waals surface area contributed by atoms with Crippen LogP contribution in [0.15, 0.2) is 18.2 Å². The Labute approximate surface area is 160 Å². The van der Waals surface area contributed by atoms with Gasteiger partial charge in [-0.05, 0) is 37.8 Å². The van der Waals surface area contributed by atoms with Crippen molar-refractivity contribution >= 4 is 17.6 Å². The third kappa shape index (κ3) is 4.64. The highest BCUT2D eigenvalue weighted by molar-refractivity contribution is 5.98. The largest absolute Gasteiger partial charge is 0.497 e. The Hall–Kier alpha value is -2.44. The highest BCUT2D eigenvalue weighted by Crippen LogP contribution is 2.30. The lowest BCUT2D eigenvalue weighted by Gasteiger charge is -2.29. The molecule has 1 saturated heterocycles. The van der Waals surface area contributed by atoms with Crippen molar-refractivity contribution in [2.75, 3.05) is 26.1 Å². The molecule has 1 unspecified atom stereocenters. The summed E-state index contributed by atoms with van der Waals surface area (Å²) >= 11 is 0. The summed E-state index contributed by atoms with van der Waals surface area (Å²) in [6.07, 6.45) is 7.11. The molecule has 3 amide bonds. The van der Waals surface area contributed by atoms with Crippen molar-refractivity contribution in [1.29, 1.82) is 0 Å². The molecule has 7 heteroatoms. The smallest absolute Gasteiger partial charge is 0.318 e. The zero-order valence-corrected chi connectivity index (χ0v) is 16.1. The van der Waals surface area contributed by atoms with Crippen molar-refractivity contribution in [3.05, 3.63) is 18.2 Å². The monoisotopic (exact) mass is 375 g/mol. The lowest BCUT2D eigenvalue weighted by Crippen LogP contribution is -2.50. The zero-order valence-electron chi connectivity index (χ0n) is 16.1. The van der Waals surface area contributed by atoms with E-state index in [1.54, 1.807) is 37.3 Å². The Morgan fingerprint density at radius 2 is 1.81 bits per heavy atom. The van der Waals surface area contributed by atoms with Crippen molar-refractivity contribution < 1.29 is 19.1 Å². The number of ether oxygens (including phenoxy) is 2. The fourth-order valence-corrected chi connectivity index (χ4v) is 3.90. The second-order valence-corrected chi connectivity index (χ2v) is 7.19. The summed E-state index contributed by atoms with van der Waals surface area (Å²) in [6.45, 7) is 0.608. The Balaban J connectivity index is 1.64. The average molecular weight is 375 g/mol. The van der Waals surface area contributed by atoms with E-state index in [0.29, 0.717) is 30.2 Å². The molecule has 1 aromatic carbocycles. The summed E-state index contributed by atoms with van der Waals surface area (Å²) < 4.78 is 10.5. The second kappa shape index (κ2) is 8.97. The molecule has 148 valence electrons. The van der Waals surface area contributed by atoms with Gasteiger partial charge in [0.05, 0.1) is 19.9 Å². The predicted octanol–water partition coefficient (Wildman–Crippen LogP) is 3.15. The van der Waals surface area contributed by atoms with Crippen molar-refractivity contribution in [2.45, 2.75) is 57.0 Å². The number of hydrogen-bond acceptors (Lipinski definition) is 4. The SMILES string of the molecule is COc1ccc(NC(=O)C2CCCN2C(=O)NC2CCCCC2)c(OC)c1. The van der Waals surface area contributed by atoms with E-state index in [2.05, 4.69) is 10.6 Å². The number of hydrogen-bond donors (Lipinski definition) is 2. The zero-order chi connectivity index (χ0) is 19.2. The summed E-state index contributed by atoms with van der Waals surface area (Å²) in [7, 11) is 3.12. The molecule has 1 atom stereocenters. The van der Waals surface area contributed by atoms with Crippen LogP contribution in [0.5, 0.6) is 11.5 Å². The number of rotatable bonds is 5. The second-order valence-electron chi connectivity index (χ2n) is 7.19. The van der Waals surface area contributed by atoms with Crippen LogP contribution < -0.4 is 20.1 Å². The normalized spacial score (nSPS) is 20.2. The lowest BCUT2D eigenvalue weighted by molar-refractivity contribution is -0.119. The molecule has 7 nitrogen and oxygen atoms in total. The standard InChI is InChI=1S/C20H29N3O4/c1-26-15-10-11-16(18(13-15)27-2)22-19(24)17-9-6-12-23(17)20(25)21-14-7-4-3-5-8-14/h10-11,13-14,17H,3-9,12H2,1-2H3,(H,21,25)(H,22,24). The van der Waals surface area contributed by atoms with Crippen LogP contribution in [0.3, 0.4) is 0 Å². The van der Waals surface area contributed by atoms with Crippen molar-refractivity contribution in [3.8, 4) is 11.5 Å². The predicted molar refractivity (Wildman–Crippen MR) is 103 cm³/mol. The van der Waals surface area contributed by atoms with Gasteiger partial charge in [0.1, 0.15) is 17.5 Å². The molecule has 1 saturated carbocycles. The summed E-state index contributed by atoms with van der Waals surface area (Å²) in [5, 5.41) is 6.01. The summed E-state index contributed by atoms with van der Waals surface area (Å²) in [4.78, 5) is 27.2. The van der Waals surface area contributed by atoms with Crippen molar-refractivity contribution in [2.24, 2.45) is 0 Å². The van der Waals surface area contributed by atoms with Crippen LogP contribution in [0.4, 0.5) is 10.5 Å². The number of amides is 3.